The Labute approximate surface area is 157 Å². The smallest absolute Gasteiger partial charge is 0.0181 e. The summed E-state index contributed by atoms with van der Waals surface area (Å²) in [4.78, 5) is 0. The quantitative estimate of drug-likeness (QED) is 0.356. The molecule has 0 aromatic heterocycles. The summed E-state index contributed by atoms with van der Waals surface area (Å²) in [6, 6.07) is 26.2. The third-order valence-corrected chi connectivity index (χ3v) is 5.17. The second-order valence-electron chi connectivity index (χ2n) is 6.96. The van der Waals surface area contributed by atoms with Gasteiger partial charge < -0.3 is 0 Å². The van der Waals surface area contributed by atoms with E-state index in [0.717, 1.165) is 12.8 Å². The van der Waals surface area contributed by atoms with Crippen LogP contribution in [0.15, 0.2) is 72.8 Å². The molecular weight excluding hydrogens is 312 g/mol. The lowest BCUT2D eigenvalue weighted by molar-refractivity contribution is 1.12. The lowest BCUT2D eigenvalue weighted by Gasteiger charge is -2.05. The first kappa shape index (κ1) is 18.2. The molecule has 0 heteroatoms. The molecule has 0 aliphatic carbocycles. The molecule has 4 aromatic rings. The van der Waals surface area contributed by atoms with E-state index in [4.69, 9.17) is 0 Å². The van der Waals surface area contributed by atoms with Crippen LogP contribution < -0.4 is 0 Å². The van der Waals surface area contributed by atoms with E-state index in [1.807, 2.05) is 0 Å². The van der Waals surface area contributed by atoms with Crippen molar-refractivity contribution in [3.63, 3.8) is 0 Å². The summed E-state index contributed by atoms with van der Waals surface area (Å²) in [7, 11) is 0. The lowest BCUT2D eigenvalue weighted by atomic mass is 10.0. The van der Waals surface area contributed by atoms with Crippen molar-refractivity contribution in [3.8, 4) is 0 Å². The van der Waals surface area contributed by atoms with Crippen LogP contribution in [0.3, 0.4) is 0 Å². The summed E-state index contributed by atoms with van der Waals surface area (Å²) in [6.07, 6.45) is 2.24. The molecule has 0 fully saturated rings. The van der Waals surface area contributed by atoms with Gasteiger partial charge in [-0.05, 0) is 70.5 Å². The van der Waals surface area contributed by atoms with E-state index in [-0.39, 0.29) is 0 Å². The molecule has 132 valence electrons. The van der Waals surface area contributed by atoms with Crippen molar-refractivity contribution in [1.29, 1.82) is 0 Å². The van der Waals surface area contributed by atoms with Crippen molar-refractivity contribution >= 4 is 21.5 Å². The zero-order chi connectivity index (χ0) is 18.5. The largest absolute Gasteiger partial charge is 0.0616 e. The van der Waals surface area contributed by atoms with E-state index < -0.39 is 0 Å². The number of fused-ring (bicyclic) bond motifs is 2. The van der Waals surface area contributed by atoms with Crippen LogP contribution in [-0.2, 0) is 12.8 Å². The molecule has 0 amide bonds. The molecule has 0 nitrogen and oxygen atoms in total. The van der Waals surface area contributed by atoms with Crippen LogP contribution in [0.1, 0.15) is 36.1 Å². The highest BCUT2D eigenvalue weighted by Gasteiger charge is 1.99. The molecule has 0 N–H and O–H groups in total. The first-order valence-corrected chi connectivity index (χ1v) is 9.59. The summed E-state index contributed by atoms with van der Waals surface area (Å²) in [5, 5.41) is 5.39. The Morgan fingerprint density at radius 3 is 1.12 bits per heavy atom. The van der Waals surface area contributed by atoms with Gasteiger partial charge in [0.05, 0.1) is 0 Å². The maximum Gasteiger partial charge on any atom is -0.0181 e. The highest BCUT2D eigenvalue weighted by atomic mass is 14.0. The van der Waals surface area contributed by atoms with Crippen molar-refractivity contribution in [3.05, 3.63) is 95.1 Å². The second kappa shape index (κ2) is 8.19. The van der Waals surface area contributed by atoms with Crippen LogP contribution in [0.5, 0.6) is 0 Å². The number of rotatable bonds is 2. The van der Waals surface area contributed by atoms with Gasteiger partial charge in [0, 0.05) is 0 Å². The predicted octanol–water partition coefficient (Wildman–Crippen LogP) is 7.42. The molecule has 0 aliphatic rings. The van der Waals surface area contributed by atoms with Gasteiger partial charge in [-0.1, -0.05) is 86.6 Å². The molecule has 0 aliphatic heterocycles. The molecule has 0 saturated heterocycles. The van der Waals surface area contributed by atoms with Crippen molar-refractivity contribution in [2.75, 3.05) is 0 Å². The Bertz CT molecular complexity index is 939. The monoisotopic (exact) mass is 340 g/mol. The molecule has 26 heavy (non-hydrogen) atoms. The molecular formula is C26H28. The van der Waals surface area contributed by atoms with Gasteiger partial charge in [0.25, 0.3) is 0 Å². The summed E-state index contributed by atoms with van der Waals surface area (Å²) >= 11 is 0. The van der Waals surface area contributed by atoms with Gasteiger partial charge in [-0.3, -0.25) is 0 Å². The fourth-order valence-corrected chi connectivity index (χ4v) is 3.56. The highest BCUT2D eigenvalue weighted by Crippen LogP contribution is 2.20. The average molecular weight is 341 g/mol. The minimum Gasteiger partial charge on any atom is -0.0616 e. The molecule has 4 aromatic carbocycles. The number of hydrogen-bond acceptors (Lipinski definition) is 0. The minimum atomic E-state index is 1.12. The number of aryl methyl sites for hydroxylation is 4. The summed E-state index contributed by atoms with van der Waals surface area (Å²) in [5.41, 5.74) is 5.72. The van der Waals surface area contributed by atoms with Gasteiger partial charge in [-0.2, -0.15) is 0 Å². The molecule has 4 rings (SSSR count). The van der Waals surface area contributed by atoms with Crippen molar-refractivity contribution < 1.29 is 0 Å². The van der Waals surface area contributed by atoms with Crippen molar-refractivity contribution in [1.82, 2.24) is 0 Å². The van der Waals surface area contributed by atoms with Crippen molar-refractivity contribution in [2.45, 2.75) is 40.5 Å². The molecule has 0 spiro atoms. The van der Waals surface area contributed by atoms with Gasteiger partial charge in [0.1, 0.15) is 0 Å². The standard InChI is InChI=1S/2C13H14/c2*1-3-11-9-13-7-5-4-6-12(13)8-10(11)2/h2*4-9H,3H2,1-2H3. The third-order valence-electron chi connectivity index (χ3n) is 5.17. The fraction of sp³-hybridized carbons (Fsp3) is 0.231. The Kier molecular flexibility index (Phi) is 5.73. The molecule has 0 saturated carbocycles. The van der Waals surface area contributed by atoms with Gasteiger partial charge in [0.15, 0.2) is 0 Å². The number of benzene rings is 4. The van der Waals surface area contributed by atoms with Crippen LogP contribution in [0.25, 0.3) is 21.5 Å². The van der Waals surface area contributed by atoms with Gasteiger partial charge in [-0.25, -0.2) is 0 Å². The van der Waals surface area contributed by atoms with Crippen LogP contribution in [0.2, 0.25) is 0 Å². The topological polar surface area (TPSA) is 0 Å². The fourth-order valence-electron chi connectivity index (χ4n) is 3.56. The van der Waals surface area contributed by atoms with Crippen LogP contribution in [0, 0.1) is 13.8 Å². The zero-order valence-corrected chi connectivity index (χ0v) is 16.3. The summed E-state index contributed by atoms with van der Waals surface area (Å²) in [6.45, 7) is 8.78. The van der Waals surface area contributed by atoms with E-state index in [9.17, 15) is 0 Å². The van der Waals surface area contributed by atoms with Gasteiger partial charge in [0.2, 0.25) is 0 Å². The van der Waals surface area contributed by atoms with E-state index in [1.165, 1.54) is 43.8 Å². The Hall–Kier alpha value is -2.60. The van der Waals surface area contributed by atoms with Gasteiger partial charge >= 0.3 is 0 Å². The van der Waals surface area contributed by atoms with E-state index in [0.29, 0.717) is 0 Å². The first-order chi connectivity index (χ1) is 12.6. The van der Waals surface area contributed by atoms with Gasteiger partial charge in [-0.15, -0.1) is 0 Å². The maximum absolute atomic E-state index is 2.30. The Morgan fingerprint density at radius 2 is 0.808 bits per heavy atom. The molecule has 0 bridgehead atoms. The van der Waals surface area contributed by atoms with Crippen LogP contribution >= 0.6 is 0 Å². The molecule has 0 radical (unpaired) electrons. The van der Waals surface area contributed by atoms with E-state index >= 15 is 0 Å². The third kappa shape index (κ3) is 3.96. The molecule has 0 heterocycles. The Balaban J connectivity index is 0.000000151. The summed E-state index contributed by atoms with van der Waals surface area (Å²) in [5.74, 6) is 0. The lowest BCUT2D eigenvalue weighted by Crippen LogP contribution is -1.86. The van der Waals surface area contributed by atoms with E-state index in [2.05, 4.69) is 100 Å². The molecule has 0 unspecified atom stereocenters. The second-order valence-corrected chi connectivity index (χ2v) is 6.96. The number of hydrogen-bond donors (Lipinski definition) is 0. The van der Waals surface area contributed by atoms with Crippen LogP contribution in [0.4, 0.5) is 0 Å². The molecule has 0 atom stereocenters. The van der Waals surface area contributed by atoms with Crippen molar-refractivity contribution in [2.24, 2.45) is 0 Å². The average Bonchev–Trinajstić information content (AvgIpc) is 2.67. The van der Waals surface area contributed by atoms with Crippen LogP contribution in [-0.4, -0.2) is 0 Å². The first-order valence-electron chi connectivity index (χ1n) is 9.59. The highest BCUT2D eigenvalue weighted by molar-refractivity contribution is 5.84. The normalized spacial score (nSPS) is 10.6. The Morgan fingerprint density at radius 1 is 0.500 bits per heavy atom. The SMILES string of the molecule is CCc1cc2ccccc2cc1C.CCc1cc2ccccc2cc1C. The minimum absolute atomic E-state index is 1.12. The van der Waals surface area contributed by atoms with E-state index in [1.54, 1.807) is 0 Å². The predicted molar refractivity (Wildman–Crippen MR) is 116 cm³/mol. The maximum atomic E-state index is 2.30. The zero-order valence-electron chi connectivity index (χ0n) is 16.3. The summed E-state index contributed by atoms with van der Waals surface area (Å²) < 4.78 is 0.